The van der Waals surface area contributed by atoms with E-state index in [1.165, 1.54) is 11.8 Å². The number of hydrogen-bond donors (Lipinski definition) is 1. The summed E-state index contributed by atoms with van der Waals surface area (Å²) in [6, 6.07) is 16.3. The molecule has 0 saturated carbocycles. The minimum absolute atomic E-state index is 0.242. The zero-order valence-corrected chi connectivity index (χ0v) is 16.2. The highest BCUT2D eigenvalue weighted by molar-refractivity contribution is 8.00. The molecule has 0 unspecified atom stereocenters. The lowest BCUT2D eigenvalue weighted by molar-refractivity contribution is -0.115. The Labute approximate surface area is 166 Å². The Bertz CT molecular complexity index is 996. The number of ether oxygens (including phenoxy) is 1. The number of amides is 1. The summed E-state index contributed by atoms with van der Waals surface area (Å²) in [5.74, 6) is 0.520. The number of nitrogens with zero attached hydrogens (tertiary/aromatic N) is 5. The normalized spacial score (nSPS) is 11.5. The van der Waals surface area contributed by atoms with Crippen LogP contribution in [0.15, 0.2) is 53.7 Å². The van der Waals surface area contributed by atoms with Crippen molar-refractivity contribution in [2.45, 2.75) is 24.3 Å². The number of carbonyl (C=O) groups excluding carboxylic acids is 1. The Morgan fingerprint density at radius 3 is 2.75 bits per heavy atom. The molecule has 1 N–H and O–H groups in total. The molecule has 28 heavy (non-hydrogen) atoms. The molecular formula is C19H18N6O2S. The number of rotatable bonds is 7. The second-order valence-electron chi connectivity index (χ2n) is 5.71. The molecule has 0 spiro atoms. The molecule has 0 fully saturated rings. The SMILES string of the molecule is CCOc1ccc(-n2nnnc2S[C@@H](C)C(=O)Nc2ccccc2C#N)cc1. The van der Waals surface area contributed by atoms with Crippen molar-refractivity contribution in [3.05, 3.63) is 54.1 Å². The van der Waals surface area contributed by atoms with Crippen LogP contribution in [0, 0.1) is 11.3 Å². The lowest BCUT2D eigenvalue weighted by atomic mass is 10.2. The summed E-state index contributed by atoms with van der Waals surface area (Å²) in [5, 5.41) is 23.7. The molecule has 3 rings (SSSR count). The van der Waals surface area contributed by atoms with Gasteiger partial charge in [0.15, 0.2) is 0 Å². The fourth-order valence-electron chi connectivity index (χ4n) is 2.40. The standard InChI is InChI=1S/C19H18N6O2S/c1-3-27-16-10-8-15(9-11-16)25-19(22-23-24-25)28-13(2)18(26)21-17-7-5-4-6-14(17)12-20/h4-11,13H,3H2,1-2H3,(H,21,26)/t13-/m0/s1. The van der Waals surface area contributed by atoms with Gasteiger partial charge in [0.1, 0.15) is 11.8 Å². The summed E-state index contributed by atoms with van der Waals surface area (Å²) in [7, 11) is 0. The number of carbonyl (C=O) groups is 1. The van der Waals surface area contributed by atoms with Crippen LogP contribution in [0.3, 0.4) is 0 Å². The third-order valence-electron chi connectivity index (χ3n) is 3.79. The molecule has 1 atom stereocenters. The van der Waals surface area contributed by atoms with Gasteiger partial charge >= 0.3 is 0 Å². The molecule has 0 aliphatic heterocycles. The van der Waals surface area contributed by atoms with Gasteiger partial charge in [0.2, 0.25) is 11.1 Å². The van der Waals surface area contributed by atoms with E-state index in [0.29, 0.717) is 23.0 Å². The zero-order chi connectivity index (χ0) is 19.9. The van der Waals surface area contributed by atoms with Gasteiger partial charge < -0.3 is 10.1 Å². The van der Waals surface area contributed by atoms with E-state index in [9.17, 15) is 4.79 Å². The largest absolute Gasteiger partial charge is 0.494 e. The third kappa shape index (κ3) is 4.47. The number of thioether (sulfide) groups is 1. The smallest absolute Gasteiger partial charge is 0.237 e. The molecule has 0 aliphatic rings. The highest BCUT2D eigenvalue weighted by Crippen LogP contribution is 2.25. The van der Waals surface area contributed by atoms with Crippen LogP contribution in [-0.2, 0) is 4.79 Å². The number of tetrazole rings is 1. The molecule has 0 aliphatic carbocycles. The van der Waals surface area contributed by atoms with E-state index in [1.807, 2.05) is 31.2 Å². The van der Waals surface area contributed by atoms with Crippen molar-refractivity contribution in [2.24, 2.45) is 0 Å². The van der Waals surface area contributed by atoms with Crippen molar-refractivity contribution in [3.63, 3.8) is 0 Å². The van der Waals surface area contributed by atoms with Crippen LogP contribution in [0.5, 0.6) is 5.75 Å². The summed E-state index contributed by atoms with van der Waals surface area (Å²) in [5.41, 5.74) is 1.65. The van der Waals surface area contributed by atoms with E-state index in [2.05, 4.69) is 26.9 Å². The fourth-order valence-corrected chi connectivity index (χ4v) is 3.21. The monoisotopic (exact) mass is 394 g/mol. The van der Waals surface area contributed by atoms with Crippen LogP contribution in [0.1, 0.15) is 19.4 Å². The Balaban J connectivity index is 1.71. The van der Waals surface area contributed by atoms with Crippen molar-refractivity contribution >= 4 is 23.4 Å². The van der Waals surface area contributed by atoms with Crippen molar-refractivity contribution in [3.8, 4) is 17.5 Å². The molecule has 1 heterocycles. The van der Waals surface area contributed by atoms with Gasteiger partial charge in [-0.15, -0.1) is 5.10 Å². The molecule has 3 aromatic rings. The summed E-state index contributed by atoms with van der Waals surface area (Å²) in [4.78, 5) is 12.5. The number of hydrogen-bond acceptors (Lipinski definition) is 7. The molecular weight excluding hydrogens is 376 g/mol. The molecule has 1 amide bonds. The summed E-state index contributed by atoms with van der Waals surface area (Å²) in [6.07, 6.45) is 0. The maximum absolute atomic E-state index is 12.5. The molecule has 2 aromatic carbocycles. The Hall–Kier alpha value is -3.38. The first kappa shape index (κ1) is 19.4. The van der Waals surface area contributed by atoms with E-state index in [0.717, 1.165) is 11.4 Å². The Morgan fingerprint density at radius 2 is 2.04 bits per heavy atom. The topological polar surface area (TPSA) is 106 Å². The molecule has 0 saturated heterocycles. The van der Waals surface area contributed by atoms with E-state index in [-0.39, 0.29) is 5.91 Å². The molecule has 8 nitrogen and oxygen atoms in total. The second kappa shape index (κ2) is 9.01. The number of nitrogens with one attached hydrogen (secondary N) is 1. The minimum atomic E-state index is -0.473. The lowest BCUT2D eigenvalue weighted by Gasteiger charge is -2.12. The average Bonchev–Trinajstić information content (AvgIpc) is 3.17. The highest BCUT2D eigenvalue weighted by Gasteiger charge is 2.20. The molecule has 9 heteroatoms. The fraction of sp³-hybridized carbons (Fsp3) is 0.211. The van der Waals surface area contributed by atoms with E-state index >= 15 is 0 Å². The van der Waals surface area contributed by atoms with Gasteiger partial charge in [0, 0.05) is 0 Å². The lowest BCUT2D eigenvalue weighted by Crippen LogP contribution is -2.23. The minimum Gasteiger partial charge on any atom is -0.494 e. The third-order valence-corrected chi connectivity index (χ3v) is 4.82. The van der Waals surface area contributed by atoms with Gasteiger partial charge in [-0.2, -0.15) is 9.94 Å². The van der Waals surface area contributed by atoms with Gasteiger partial charge in [-0.1, -0.05) is 23.9 Å². The number of para-hydroxylation sites is 1. The average molecular weight is 394 g/mol. The number of aromatic nitrogens is 4. The van der Waals surface area contributed by atoms with Crippen molar-refractivity contribution in [1.82, 2.24) is 20.2 Å². The number of benzene rings is 2. The predicted octanol–water partition coefficient (Wildman–Crippen LogP) is 3.05. The predicted molar refractivity (Wildman–Crippen MR) is 105 cm³/mol. The quantitative estimate of drug-likeness (QED) is 0.614. The maximum Gasteiger partial charge on any atom is 0.237 e. The van der Waals surface area contributed by atoms with Crippen LogP contribution in [0.25, 0.3) is 5.69 Å². The number of anilines is 1. The van der Waals surface area contributed by atoms with Crippen LogP contribution in [-0.4, -0.2) is 38.0 Å². The van der Waals surface area contributed by atoms with Gasteiger partial charge in [-0.05, 0) is 60.7 Å². The van der Waals surface area contributed by atoms with E-state index in [1.54, 1.807) is 35.9 Å². The Morgan fingerprint density at radius 1 is 1.29 bits per heavy atom. The highest BCUT2D eigenvalue weighted by atomic mass is 32.2. The van der Waals surface area contributed by atoms with Crippen LogP contribution >= 0.6 is 11.8 Å². The van der Waals surface area contributed by atoms with Crippen LogP contribution in [0.2, 0.25) is 0 Å². The first-order chi connectivity index (χ1) is 13.6. The van der Waals surface area contributed by atoms with Crippen LogP contribution < -0.4 is 10.1 Å². The van der Waals surface area contributed by atoms with Gasteiger partial charge in [-0.25, -0.2) is 0 Å². The first-order valence-electron chi connectivity index (χ1n) is 8.60. The van der Waals surface area contributed by atoms with Gasteiger partial charge in [0.25, 0.3) is 0 Å². The number of nitriles is 1. The van der Waals surface area contributed by atoms with Gasteiger partial charge in [-0.3, -0.25) is 4.79 Å². The van der Waals surface area contributed by atoms with E-state index in [4.69, 9.17) is 10.00 Å². The Kier molecular flexibility index (Phi) is 6.24. The summed E-state index contributed by atoms with van der Waals surface area (Å²) in [6.45, 7) is 4.27. The zero-order valence-electron chi connectivity index (χ0n) is 15.4. The van der Waals surface area contributed by atoms with Crippen molar-refractivity contribution in [2.75, 3.05) is 11.9 Å². The van der Waals surface area contributed by atoms with Crippen molar-refractivity contribution in [1.29, 1.82) is 5.26 Å². The first-order valence-corrected chi connectivity index (χ1v) is 9.48. The van der Waals surface area contributed by atoms with E-state index < -0.39 is 5.25 Å². The molecule has 0 radical (unpaired) electrons. The van der Waals surface area contributed by atoms with Crippen molar-refractivity contribution < 1.29 is 9.53 Å². The van der Waals surface area contributed by atoms with Crippen LogP contribution in [0.4, 0.5) is 5.69 Å². The maximum atomic E-state index is 12.5. The molecule has 1 aromatic heterocycles. The second-order valence-corrected chi connectivity index (χ2v) is 7.01. The summed E-state index contributed by atoms with van der Waals surface area (Å²) >= 11 is 1.23. The van der Waals surface area contributed by atoms with Gasteiger partial charge in [0.05, 0.1) is 28.8 Å². The molecule has 142 valence electrons. The molecule has 0 bridgehead atoms. The summed E-state index contributed by atoms with van der Waals surface area (Å²) < 4.78 is 7.00.